The molecule has 1 aliphatic rings. The van der Waals surface area contributed by atoms with Crippen LogP contribution in [0.4, 0.5) is 0 Å². The molecule has 1 amide bonds. The fraction of sp³-hybridized carbons (Fsp3) is 0.267. The highest BCUT2D eigenvalue weighted by molar-refractivity contribution is 7.98. The van der Waals surface area contributed by atoms with Crippen molar-refractivity contribution in [3.05, 3.63) is 40.8 Å². The van der Waals surface area contributed by atoms with Gasteiger partial charge in [0.25, 0.3) is 5.91 Å². The molecule has 19 heavy (non-hydrogen) atoms. The van der Waals surface area contributed by atoms with Crippen molar-refractivity contribution in [3.8, 4) is 10.4 Å². The Kier molecular flexibility index (Phi) is 3.37. The molecule has 0 aliphatic carbocycles. The third kappa shape index (κ3) is 2.42. The van der Waals surface area contributed by atoms with Crippen LogP contribution in [0.1, 0.15) is 29.1 Å². The monoisotopic (exact) mass is 289 g/mol. The molecule has 0 saturated heterocycles. The lowest BCUT2D eigenvalue weighted by Crippen LogP contribution is -2.29. The van der Waals surface area contributed by atoms with E-state index in [-0.39, 0.29) is 11.9 Å². The molecule has 2 heterocycles. The first-order valence-corrected chi connectivity index (χ1v) is 8.11. The van der Waals surface area contributed by atoms with Gasteiger partial charge in [-0.3, -0.25) is 4.79 Å². The second kappa shape index (κ2) is 5.02. The molecule has 3 rings (SSSR count). The van der Waals surface area contributed by atoms with Gasteiger partial charge in [-0.05, 0) is 31.5 Å². The molecule has 1 aromatic carbocycles. The molecule has 98 valence electrons. The number of carbonyl (C=O) groups is 1. The SMILES string of the molecule is CC(C)NC(=O)c1cc2c(s1)-c1ccccc1SC2. The topological polar surface area (TPSA) is 29.1 Å². The summed E-state index contributed by atoms with van der Waals surface area (Å²) < 4.78 is 0. The fourth-order valence-electron chi connectivity index (χ4n) is 2.14. The zero-order valence-corrected chi connectivity index (χ0v) is 12.5. The molecule has 0 fully saturated rings. The summed E-state index contributed by atoms with van der Waals surface area (Å²) in [5, 5.41) is 2.96. The Morgan fingerprint density at radius 2 is 2.11 bits per heavy atom. The van der Waals surface area contributed by atoms with Gasteiger partial charge in [0.15, 0.2) is 0 Å². The van der Waals surface area contributed by atoms with Gasteiger partial charge >= 0.3 is 0 Å². The van der Waals surface area contributed by atoms with E-state index in [0.717, 1.165) is 10.6 Å². The van der Waals surface area contributed by atoms with Crippen LogP contribution < -0.4 is 5.32 Å². The van der Waals surface area contributed by atoms with Gasteiger partial charge in [0.1, 0.15) is 0 Å². The van der Waals surface area contributed by atoms with Crippen LogP contribution in [0.3, 0.4) is 0 Å². The Labute approximate surface area is 121 Å². The highest BCUT2D eigenvalue weighted by atomic mass is 32.2. The number of fused-ring (bicyclic) bond motifs is 3. The van der Waals surface area contributed by atoms with Crippen LogP contribution in [-0.2, 0) is 5.75 Å². The van der Waals surface area contributed by atoms with Gasteiger partial charge in [-0.15, -0.1) is 23.1 Å². The van der Waals surface area contributed by atoms with Crippen molar-refractivity contribution in [1.29, 1.82) is 0 Å². The van der Waals surface area contributed by atoms with Gasteiger partial charge < -0.3 is 5.32 Å². The molecule has 0 spiro atoms. The first-order chi connectivity index (χ1) is 9.15. The minimum atomic E-state index is 0.0388. The first kappa shape index (κ1) is 12.8. The summed E-state index contributed by atoms with van der Waals surface area (Å²) in [5.74, 6) is 0.995. The summed E-state index contributed by atoms with van der Waals surface area (Å²) in [4.78, 5) is 15.5. The number of rotatable bonds is 2. The van der Waals surface area contributed by atoms with E-state index in [0.29, 0.717) is 0 Å². The van der Waals surface area contributed by atoms with Gasteiger partial charge in [-0.25, -0.2) is 0 Å². The van der Waals surface area contributed by atoms with E-state index in [1.165, 1.54) is 20.9 Å². The number of thioether (sulfide) groups is 1. The number of nitrogens with one attached hydrogen (secondary N) is 1. The van der Waals surface area contributed by atoms with Crippen LogP contribution in [0.5, 0.6) is 0 Å². The fourth-order valence-corrected chi connectivity index (χ4v) is 4.46. The highest BCUT2D eigenvalue weighted by Crippen LogP contribution is 2.45. The molecule has 2 aromatic rings. The average Bonchev–Trinajstić information content (AvgIpc) is 2.82. The summed E-state index contributed by atoms with van der Waals surface area (Å²) in [5.41, 5.74) is 2.55. The van der Waals surface area contributed by atoms with Crippen molar-refractivity contribution >= 4 is 29.0 Å². The summed E-state index contributed by atoms with van der Waals surface area (Å²) in [6.45, 7) is 3.97. The Morgan fingerprint density at radius 1 is 1.32 bits per heavy atom. The lowest BCUT2D eigenvalue weighted by atomic mass is 10.1. The van der Waals surface area contributed by atoms with E-state index >= 15 is 0 Å². The largest absolute Gasteiger partial charge is 0.349 e. The summed E-state index contributed by atoms with van der Waals surface area (Å²) in [7, 11) is 0. The number of amides is 1. The minimum Gasteiger partial charge on any atom is -0.349 e. The zero-order valence-electron chi connectivity index (χ0n) is 10.9. The molecule has 4 heteroatoms. The molecule has 1 aromatic heterocycles. The second-order valence-corrected chi connectivity index (χ2v) is 6.95. The summed E-state index contributed by atoms with van der Waals surface area (Å²) >= 11 is 3.45. The number of hydrogen-bond acceptors (Lipinski definition) is 3. The van der Waals surface area contributed by atoms with E-state index in [4.69, 9.17) is 0 Å². The van der Waals surface area contributed by atoms with E-state index in [1.807, 2.05) is 31.7 Å². The van der Waals surface area contributed by atoms with Crippen molar-refractivity contribution in [3.63, 3.8) is 0 Å². The molecule has 2 nitrogen and oxygen atoms in total. The molecule has 1 N–H and O–H groups in total. The van der Waals surface area contributed by atoms with Gasteiger partial charge in [-0.2, -0.15) is 0 Å². The van der Waals surface area contributed by atoms with Gasteiger partial charge in [0.2, 0.25) is 0 Å². The average molecular weight is 289 g/mol. The number of carbonyl (C=O) groups excluding carboxylic acids is 1. The molecule has 0 radical (unpaired) electrons. The number of thiophene rings is 1. The molecule has 0 unspecified atom stereocenters. The van der Waals surface area contributed by atoms with Crippen molar-refractivity contribution in [2.24, 2.45) is 0 Å². The van der Waals surface area contributed by atoms with Crippen molar-refractivity contribution < 1.29 is 4.79 Å². The summed E-state index contributed by atoms with van der Waals surface area (Å²) in [6.07, 6.45) is 0. The maximum absolute atomic E-state index is 12.1. The van der Waals surface area contributed by atoms with Gasteiger partial charge in [0, 0.05) is 27.1 Å². The van der Waals surface area contributed by atoms with Crippen molar-refractivity contribution in [2.45, 2.75) is 30.5 Å². The van der Waals surface area contributed by atoms with Crippen LogP contribution >= 0.6 is 23.1 Å². The standard InChI is InChI=1S/C15H15NOS2/c1-9(2)16-15(17)13-7-10-8-18-12-6-4-3-5-11(12)14(10)19-13/h3-7,9H,8H2,1-2H3,(H,16,17). The second-order valence-electron chi connectivity index (χ2n) is 4.88. The zero-order chi connectivity index (χ0) is 13.4. The maximum atomic E-state index is 12.1. The van der Waals surface area contributed by atoms with Crippen LogP contribution in [0.2, 0.25) is 0 Å². The molecule has 0 bridgehead atoms. The molecule has 0 saturated carbocycles. The Balaban J connectivity index is 1.99. The Hall–Kier alpha value is -1.26. The molecule has 1 aliphatic heterocycles. The summed E-state index contributed by atoms with van der Waals surface area (Å²) in [6, 6.07) is 10.6. The van der Waals surface area contributed by atoms with Gasteiger partial charge in [0.05, 0.1) is 4.88 Å². The van der Waals surface area contributed by atoms with Gasteiger partial charge in [-0.1, -0.05) is 18.2 Å². The number of hydrogen-bond donors (Lipinski definition) is 1. The lowest BCUT2D eigenvalue weighted by molar-refractivity contribution is 0.0947. The van der Waals surface area contributed by atoms with Crippen LogP contribution in [0, 0.1) is 0 Å². The normalized spacial score (nSPS) is 13.0. The predicted octanol–water partition coefficient (Wildman–Crippen LogP) is 4.16. The maximum Gasteiger partial charge on any atom is 0.261 e. The number of benzene rings is 1. The van der Waals surface area contributed by atoms with Crippen LogP contribution in [-0.4, -0.2) is 11.9 Å². The van der Waals surface area contributed by atoms with E-state index in [1.54, 1.807) is 11.3 Å². The highest BCUT2D eigenvalue weighted by Gasteiger charge is 2.21. The quantitative estimate of drug-likeness (QED) is 0.899. The van der Waals surface area contributed by atoms with Crippen molar-refractivity contribution in [2.75, 3.05) is 0 Å². The third-order valence-electron chi connectivity index (χ3n) is 2.97. The van der Waals surface area contributed by atoms with E-state index < -0.39 is 0 Å². The third-order valence-corrected chi connectivity index (χ3v) is 5.30. The molecular formula is C15H15NOS2. The smallest absolute Gasteiger partial charge is 0.261 e. The van der Waals surface area contributed by atoms with E-state index in [2.05, 4.69) is 29.6 Å². The Morgan fingerprint density at radius 3 is 2.89 bits per heavy atom. The molecule has 0 atom stereocenters. The Bertz CT molecular complexity index is 631. The van der Waals surface area contributed by atoms with Crippen LogP contribution in [0.15, 0.2) is 35.2 Å². The van der Waals surface area contributed by atoms with E-state index in [9.17, 15) is 4.79 Å². The molecular weight excluding hydrogens is 274 g/mol. The van der Waals surface area contributed by atoms with Crippen LogP contribution in [0.25, 0.3) is 10.4 Å². The minimum absolute atomic E-state index is 0.0388. The first-order valence-electron chi connectivity index (χ1n) is 6.31. The predicted molar refractivity (Wildman–Crippen MR) is 81.9 cm³/mol. The lowest BCUT2D eigenvalue weighted by Gasteiger charge is -2.14. The van der Waals surface area contributed by atoms with Crippen molar-refractivity contribution in [1.82, 2.24) is 5.32 Å².